The van der Waals surface area contributed by atoms with Crippen LogP contribution < -0.4 is 15.8 Å². The predicted molar refractivity (Wildman–Crippen MR) is 91.9 cm³/mol. The molecule has 0 radical (unpaired) electrons. The average Bonchev–Trinajstić information content (AvgIpc) is 2.50. The number of aliphatic hydroxyl groups excluding tert-OH is 1. The Kier molecular flexibility index (Phi) is 7.12. The first-order chi connectivity index (χ1) is 10.8. The van der Waals surface area contributed by atoms with E-state index in [4.69, 9.17) is 10.5 Å². The zero-order valence-corrected chi connectivity index (χ0v) is 14.4. The molecule has 1 rings (SSSR count). The van der Waals surface area contributed by atoms with Crippen molar-refractivity contribution in [2.45, 2.75) is 25.3 Å². The summed E-state index contributed by atoms with van der Waals surface area (Å²) in [7, 11) is 1.49. The van der Waals surface area contributed by atoms with E-state index in [1.54, 1.807) is 13.0 Å². The van der Waals surface area contributed by atoms with Gasteiger partial charge in [0, 0.05) is 34.7 Å². The van der Waals surface area contributed by atoms with Crippen LogP contribution in [-0.2, 0) is 11.4 Å². The second-order valence-corrected chi connectivity index (χ2v) is 6.05. The van der Waals surface area contributed by atoms with Crippen LogP contribution in [0.4, 0.5) is 5.69 Å². The molecule has 0 bridgehead atoms. The van der Waals surface area contributed by atoms with Crippen molar-refractivity contribution in [1.82, 2.24) is 5.32 Å². The maximum absolute atomic E-state index is 11.6. The van der Waals surface area contributed by atoms with E-state index in [1.807, 2.05) is 0 Å². The fraction of sp³-hybridized carbons (Fsp3) is 0.375. The number of ketones is 1. The third-order valence-electron chi connectivity index (χ3n) is 3.17. The summed E-state index contributed by atoms with van der Waals surface area (Å²) < 4.78 is 5.31. The molecule has 0 aliphatic carbocycles. The van der Waals surface area contributed by atoms with Gasteiger partial charge in [-0.15, -0.1) is 11.8 Å². The van der Waals surface area contributed by atoms with Gasteiger partial charge in [-0.2, -0.15) is 0 Å². The molecule has 0 heterocycles. The number of carbonyl (C=O) groups is 2. The highest BCUT2D eigenvalue weighted by atomic mass is 32.2. The number of hydrogen-bond donors (Lipinski definition) is 3. The van der Waals surface area contributed by atoms with Crippen LogP contribution in [-0.4, -0.2) is 36.2 Å². The maximum Gasteiger partial charge on any atom is 0.246 e. The molecule has 0 saturated heterocycles. The molecule has 4 N–H and O–H groups in total. The van der Waals surface area contributed by atoms with Gasteiger partial charge in [-0.05, 0) is 19.9 Å². The van der Waals surface area contributed by atoms with E-state index in [-0.39, 0.29) is 24.0 Å². The minimum Gasteiger partial charge on any atom is -0.496 e. The summed E-state index contributed by atoms with van der Waals surface area (Å²) in [6, 6.07) is 1.58. The minimum atomic E-state index is -0.302. The van der Waals surface area contributed by atoms with Gasteiger partial charge < -0.3 is 20.9 Å². The molecular weight excluding hydrogens is 316 g/mol. The number of aliphatic hydroxyl groups is 1. The largest absolute Gasteiger partial charge is 0.496 e. The van der Waals surface area contributed by atoms with Gasteiger partial charge in [-0.1, -0.05) is 6.58 Å². The molecule has 0 aromatic heterocycles. The van der Waals surface area contributed by atoms with Gasteiger partial charge in [0.05, 0.1) is 18.6 Å². The fourth-order valence-corrected chi connectivity index (χ4v) is 2.98. The highest BCUT2D eigenvalue weighted by Crippen LogP contribution is 2.38. The molecular formula is C16H22N2O4S. The molecule has 7 heteroatoms. The SMILES string of the molecule is C=C(C)C(=O)NCCSc1c(OC)cc(C(C)=O)c(N)c1CO. The van der Waals surface area contributed by atoms with Crippen molar-refractivity contribution in [2.75, 3.05) is 25.1 Å². The van der Waals surface area contributed by atoms with Gasteiger partial charge in [0.25, 0.3) is 0 Å². The lowest BCUT2D eigenvalue weighted by Gasteiger charge is -2.17. The van der Waals surface area contributed by atoms with Gasteiger partial charge in [-0.25, -0.2) is 0 Å². The topological polar surface area (TPSA) is 102 Å². The molecule has 1 amide bonds. The average molecular weight is 338 g/mol. The Morgan fingerprint density at radius 3 is 2.57 bits per heavy atom. The van der Waals surface area contributed by atoms with E-state index in [1.165, 1.54) is 25.8 Å². The van der Waals surface area contributed by atoms with E-state index >= 15 is 0 Å². The lowest BCUT2D eigenvalue weighted by molar-refractivity contribution is -0.117. The number of amides is 1. The number of hydrogen-bond acceptors (Lipinski definition) is 6. The van der Waals surface area contributed by atoms with Crippen LogP contribution in [0.5, 0.6) is 5.75 Å². The molecule has 0 saturated carbocycles. The number of thioether (sulfide) groups is 1. The molecule has 0 aliphatic rings. The first-order valence-corrected chi connectivity index (χ1v) is 7.99. The Morgan fingerprint density at radius 2 is 2.09 bits per heavy atom. The number of benzene rings is 1. The number of nitrogen functional groups attached to an aromatic ring is 1. The highest BCUT2D eigenvalue weighted by molar-refractivity contribution is 7.99. The van der Waals surface area contributed by atoms with Crippen molar-refractivity contribution in [3.05, 3.63) is 29.3 Å². The van der Waals surface area contributed by atoms with E-state index < -0.39 is 0 Å². The first-order valence-electron chi connectivity index (χ1n) is 7.01. The first kappa shape index (κ1) is 19.1. The van der Waals surface area contributed by atoms with Gasteiger partial charge >= 0.3 is 0 Å². The quantitative estimate of drug-likeness (QED) is 0.219. The van der Waals surface area contributed by atoms with Crippen LogP contribution in [0.3, 0.4) is 0 Å². The van der Waals surface area contributed by atoms with Gasteiger partial charge in [0.1, 0.15) is 5.75 Å². The standard InChI is InChI=1S/C16H22N2O4S/c1-9(2)16(21)18-5-6-23-15-12(8-19)14(17)11(10(3)20)7-13(15)22-4/h7,19H,1,5-6,8,17H2,2-4H3,(H,18,21). The molecule has 23 heavy (non-hydrogen) atoms. The Labute approximate surface area is 140 Å². The number of anilines is 1. The molecule has 0 unspecified atom stereocenters. The number of ether oxygens (including phenoxy) is 1. The highest BCUT2D eigenvalue weighted by Gasteiger charge is 2.19. The van der Waals surface area contributed by atoms with Crippen molar-refractivity contribution in [1.29, 1.82) is 0 Å². The third-order valence-corrected chi connectivity index (χ3v) is 4.31. The summed E-state index contributed by atoms with van der Waals surface area (Å²) in [5.74, 6) is 0.637. The van der Waals surface area contributed by atoms with E-state index in [0.29, 0.717) is 39.6 Å². The monoisotopic (exact) mass is 338 g/mol. The van der Waals surface area contributed by atoms with Crippen LogP contribution >= 0.6 is 11.8 Å². The van der Waals surface area contributed by atoms with Gasteiger partial charge in [0.15, 0.2) is 5.78 Å². The van der Waals surface area contributed by atoms with Crippen LogP contribution in [0.2, 0.25) is 0 Å². The molecule has 0 aliphatic heterocycles. The number of rotatable bonds is 8. The van der Waals surface area contributed by atoms with Crippen molar-refractivity contribution < 1.29 is 19.4 Å². The van der Waals surface area contributed by atoms with Crippen molar-refractivity contribution in [3.8, 4) is 5.75 Å². The zero-order chi connectivity index (χ0) is 17.6. The van der Waals surface area contributed by atoms with Crippen molar-refractivity contribution >= 4 is 29.1 Å². The Morgan fingerprint density at radius 1 is 1.43 bits per heavy atom. The second-order valence-electron chi connectivity index (χ2n) is 4.95. The molecule has 1 aromatic rings. The maximum atomic E-state index is 11.6. The van der Waals surface area contributed by atoms with Gasteiger partial charge in [0.2, 0.25) is 5.91 Å². The van der Waals surface area contributed by atoms with Crippen molar-refractivity contribution in [2.24, 2.45) is 0 Å². The lowest BCUT2D eigenvalue weighted by Crippen LogP contribution is -2.26. The number of methoxy groups -OCH3 is 1. The van der Waals surface area contributed by atoms with E-state index in [9.17, 15) is 14.7 Å². The molecule has 1 aromatic carbocycles. The van der Waals surface area contributed by atoms with Gasteiger partial charge in [-0.3, -0.25) is 9.59 Å². The minimum absolute atomic E-state index is 0.194. The number of Topliss-reactive ketones (excluding diaryl/α,β-unsaturated/α-hetero) is 1. The fourth-order valence-electron chi connectivity index (χ4n) is 1.93. The van der Waals surface area contributed by atoms with Crippen LogP contribution in [0.1, 0.15) is 29.8 Å². The second kappa shape index (κ2) is 8.59. The molecule has 126 valence electrons. The van der Waals surface area contributed by atoms with Crippen LogP contribution in [0.25, 0.3) is 0 Å². The summed E-state index contributed by atoms with van der Waals surface area (Å²) in [6.07, 6.45) is 0. The summed E-state index contributed by atoms with van der Waals surface area (Å²) in [6.45, 7) is 6.74. The van der Waals surface area contributed by atoms with E-state index in [2.05, 4.69) is 11.9 Å². The van der Waals surface area contributed by atoms with Crippen LogP contribution in [0.15, 0.2) is 23.1 Å². The smallest absolute Gasteiger partial charge is 0.246 e. The summed E-state index contributed by atoms with van der Waals surface area (Å²) in [5, 5.41) is 12.3. The number of nitrogens with two attached hydrogens (primary N) is 1. The number of nitrogens with one attached hydrogen (secondary N) is 1. The summed E-state index contributed by atoms with van der Waals surface area (Å²) in [4.78, 5) is 23.7. The predicted octanol–water partition coefficient (Wildman–Crippen LogP) is 1.76. The Balaban J connectivity index is 2.97. The molecule has 6 nitrogen and oxygen atoms in total. The van der Waals surface area contributed by atoms with Crippen molar-refractivity contribution in [3.63, 3.8) is 0 Å². The lowest BCUT2D eigenvalue weighted by atomic mass is 10.0. The zero-order valence-electron chi connectivity index (χ0n) is 13.6. The third kappa shape index (κ3) is 4.74. The Hall–Kier alpha value is -1.99. The normalized spacial score (nSPS) is 10.3. The molecule has 0 fully saturated rings. The number of carbonyl (C=O) groups excluding carboxylic acids is 2. The summed E-state index contributed by atoms with van der Waals surface area (Å²) in [5.41, 5.74) is 7.47. The Bertz CT molecular complexity index is 629. The molecule has 0 atom stereocenters. The molecule has 0 spiro atoms. The van der Waals surface area contributed by atoms with Crippen LogP contribution in [0, 0.1) is 0 Å². The summed E-state index contributed by atoms with van der Waals surface area (Å²) >= 11 is 1.39. The van der Waals surface area contributed by atoms with E-state index in [0.717, 1.165) is 0 Å².